The van der Waals surface area contributed by atoms with Gasteiger partial charge >= 0.3 is 0 Å². The first-order valence-corrected chi connectivity index (χ1v) is 10.00. The molecule has 2 heterocycles. The summed E-state index contributed by atoms with van der Waals surface area (Å²) in [7, 11) is 1.79. The predicted octanol–water partition coefficient (Wildman–Crippen LogP) is 4.30. The molecule has 6 heteroatoms. The van der Waals surface area contributed by atoms with Crippen molar-refractivity contribution in [2.75, 3.05) is 7.05 Å². The lowest BCUT2D eigenvalue weighted by Crippen LogP contribution is -2.36. The number of hydrogen-bond donors (Lipinski definition) is 2. The van der Waals surface area contributed by atoms with E-state index in [1.165, 1.54) is 9.75 Å². The van der Waals surface area contributed by atoms with Crippen LogP contribution < -0.4 is 10.6 Å². The Morgan fingerprint density at radius 2 is 1.80 bits per heavy atom. The van der Waals surface area contributed by atoms with Crippen molar-refractivity contribution in [3.8, 4) is 10.6 Å². The van der Waals surface area contributed by atoms with E-state index in [0.29, 0.717) is 6.54 Å². The summed E-state index contributed by atoms with van der Waals surface area (Å²) >= 11 is 3.51. The van der Waals surface area contributed by atoms with Gasteiger partial charge in [0.1, 0.15) is 5.01 Å². The molecule has 25 heavy (non-hydrogen) atoms. The van der Waals surface area contributed by atoms with E-state index in [2.05, 4.69) is 52.2 Å². The van der Waals surface area contributed by atoms with Crippen molar-refractivity contribution in [3.05, 3.63) is 63.3 Å². The third-order valence-electron chi connectivity index (χ3n) is 3.73. The highest BCUT2D eigenvalue weighted by Gasteiger charge is 2.06. The molecule has 0 aliphatic carbocycles. The number of aliphatic imine (C=N–C) groups is 1. The molecule has 0 radical (unpaired) electrons. The van der Waals surface area contributed by atoms with Crippen LogP contribution in [0.5, 0.6) is 0 Å². The van der Waals surface area contributed by atoms with Gasteiger partial charge in [-0.05, 0) is 18.6 Å². The highest BCUT2D eigenvalue weighted by atomic mass is 32.1. The zero-order valence-electron chi connectivity index (χ0n) is 14.5. The van der Waals surface area contributed by atoms with Gasteiger partial charge < -0.3 is 10.6 Å². The molecule has 0 fully saturated rings. The second-order valence-electron chi connectivity index (χ2n) is 5.51. The number of aromatic nitrogens is 1. The molecule has 0 saturated carbocycles. The Kier molecular flexibility index (Phi) is 6.19. The smallest absolute Gasteiger partial charge is 0.191 e. The lowest BCUT2D eigenvalue weighted by Gasteiger charge is -2.10. The summed E-state index contributed by atoms with van der Waals surface area (Å²) in [6.45, 7) is 3.63. The largest absolute Gasteiger partial charge is 0.352 e. The summed E-state index contributed by atoms with van der Waals surface area (Å²) in [5.74, 6) is 0.792. The first-order valence-electron chi connectivity index (χ1n) is 8.30. The second kappa shape index (κ2) is 8.78. The van der Waals surface area contributed by atoms with Gasteiger partial charge in [-0.15, -0.1) is 22.7 Å². The summed E-state index contributed by atoms with van der Waals surface area (Å²) in [6, 6.07) is 14.6. The molecule has 0 aliphatic heterocycles. The molecule has 1 aromatic carbocycles. The average molecular weight is 371 g/mol. The fourth-order valence-electron chi connectivity index (χ4n) is 2.37. The van der Waals surface area contributed by atoms with Crippen LogP contribution in [0.15, 0.2) is 52.8 Å². The minimum atomic E-state index is 0.660. The van der Waals surface area contributed by atoms with Crippen LogP contribution in [-0.2, 0) is 19.5 Å². The van der Waals surface area contributed by atoms with E-state index in [1.807, 2.05) is 29.5 Å². The normalized spacial score (nSPS) is 11.5. The van der Waals surface area contributed by atoms with Crippen LogP contribution >= 0.6 is 22.7 Å². The van der Waals surface area contributed by atoms with E-state index < -0.39 is 0 Å². The van der Waals surface area contributed by atoms with Crippen molar-refractivity contribution in [2.45, 2.75) is 26.4 Å². The number of guanidine groups is 1. The van der Waals surface area contributed by atoms with E-state index in [1.54, 1.807) is 18.4 Å². The van der Waals surface area contributed by atoms with Gasteiger partial charge in [-0.3, -0.25) is 4.99 Å². The van der Waals surface area contributed by atoms with Gasteiger partial charge in [0, 0.05) is 27.7 Å². The number of hydrogen-bond acceptors (Lipinski definition) is 4. The highest BCUT2D eigenvalue weighted by Crippen LogP contribution is 2.23. The SMILES string of the molecule is CCc1ccc(CNC(=NC)NCc2csc(-c3ccccc3)n2)s1. The first kappa shape index (κ1) is 17.6. The van der Waals surface area contributed by atoms with Crippen LogP contribution in [0.4, 0.5) is 0 Å². The Labute approximate surface area is 156 Å². The van der Waals surface area contributed by atoms with E-state index in [9.17, 15) is 0 Å². The molecule has 0 atom stereocenters. The van der Waals surface area contributed by atoms with Gasteiger partial charge in [0.15, 0.2) is 5.96 Å². The number of nitrogens with zero attached hydrogens (tertiary/aromatic N) is 2. The van der Waals surface area contributed by atoms with Gasteiger partial charge in [-0.2, -0.15) is 0 Å². The maximum Gasteiger partial charge on any atom is 0.191 e. The standard InChI is InChI=1S/C19H22N4S2/c1-3-16-9-10-17(25-16)12-22-19(20-2)21-11-15-13-24-18(23-15)14-7-5-4-6-8-14/h4-10,13H,3,11-12H2,1-2H3,(H2,20,21,22). The number of aryl methyl sites for hydroxylation is 1. The lowest BCUT2D eigenvalue weighted by molar-refractivity contribution is 0.804. The molecular weight excluding hydrogens is 348 g/mol. The lowest BCUT2D eigenvalue weighted by atomic mass is 10.2. The van der Waals surface area contributed by atoms with Gasteiger partial charge in [0.2, 0.25) is 0 Å². The number of thiazole rings is 1. The van der Waals surface area contributed by atoms with Crippen LogP contribution in [0.3, 0.4) is 0 Å². The van der Waals surface area contributed by atoms with Crippen molar-refractivity contribution in [3.63, 3.8) is 0 Å². The van der Waals surface area contributed by atoms with Crippen molar-refractivity contribution >= 4 is 28.6 Å². The average Bonchev–Trinajstić information content (AvgIpc) is 3.32. The monoisotopic (exact) mass is 370 g/mol. The molecule has 130 valence electrons. The minimum absolute atomic E-state index is 0.660. The number of rotatable bonds is 6. The Balaban J connectivity index is 1.52. The fraction of sp³-hybridized carbons (Fsp3) is 0.263. The zero-order chi connectivity index (χ0) is 17.5. The van der Waals surface area contributed by atoms with Crippen molar-refractivity contribution in [1.82, 2.24) is 15.6 Å². The van der Waals surface area contributed by atoms with E-state index in [-0.39, 0.29) is 0 Å². The highest BCUT2D eigenvalue weighted by molar-refractivity contribution is 7.13. The van der Waals surface area contributed by atoms with E-state index >= 15 is 0 Å². The van der Waals surface area contributed by atoms with Crippen LogP contribution in [-0.4, -0.2) is 18.0 Å². The molecular formula is C19H22N4S2. The predicted molar refractivity (Wildman–Crippen MR) is 108 cm³/mol. The number of thiophene rings is 1. The minimum Gasteiger partial charge on any atom is -0.352 e. The van der Waals surface area contributed by atoms with Crippen LogP contribution in [0, 0.1) is 0 Å². The zero-order valence-corrected chi connectivity index (χ0v) is 16.1. The van der Waals surface area contributed by atoms with Crippen LogP contribution in [0.25, 0.3) is 10.6 Å². The molecule has 3 aromatic rings. The topological polar surface area (TPSA) is 49.3 Å². The van der Waals surface area contributed by atoms with Crippen LogP contribution in [0.1, 0.15) is 22.4 Å². The summed E-state index contributed by atoms with van der Waals surface area (Å²) in [5, 5.41) is 9.83. The maximum absolute atomic E-state index is 4.69. The summed E-state index contributed by atoms with van der Waals surface area (Å²) < 4.78 is 0. The first-order chi connectivity index (χ1) is 12.3. The molecule has 0 amide bonds. The van der Waals surface area contributed by atoms with Gasteiger partial charge in [-0.25, -0.2) is 4.98 Å². The molecule has 4 nitrogen and oxygen atoms in total. The molecule has 0 bridgehead atoms. The molecule has 3 rings (SSSR count). The Morgan fingerprint density at radius 1 is 1.04 bits per heavy atom. The quantitative estimate of drug-likeness (QED) is 0.502. The Hall–Kier alpha value is -2.18. The third-order valence-corrected chi connectivity index (χ3v) is 5.90. The maximum atomic E-state index is 4.69. The third kappa shape index (κ3) is 4.90. The van der Waals surface area contributed by atoms with E-state index in [0.717, 1.165) is 35.2 Å². The van der Waals surface area contributed by atoms with Crippen molar-refractivity contribution in [2.24, 2.45) is 4.99 Å². The van der Waals surface area contributed by atoms with E-state index in [4.69, 9.17) is 4.98 Å². The van der Waals surface area contributed by atoms with Gasteiger partial charge in [0.25, 0.3) is 0 Å². The Bertz CT molecular complexity index is 821. The van der Waals surface area contributed by atoms with Crippen molar-refractivity contribution < 1.29 is 0 Å². The van der Waals surface area contributed by atoms with Gasteiger partial charge in [0.05, 0.1) is 18.8 Å². The second-order valence-corrected chi connectivity index (χ2v) is 7.62. The Morgan fingerprint density at radius 3 is 2.52 bits per heavy atom. The number of benzene rings is 1. The molecule has 0 aliphatic rings. The molecule has 2 N–H and O–H groups in total. The fourth-order valence-corrected chi connectivity index (χ4v) is 4.10. The van der Waals surface area contributed by atoms with Crippen LogP contribution in [0.2, 0.25) is 0 Å². The number of nitrogens with one attached hydrogen (secondary N) is 2. The van der Waals surface area contributed by atoms with Crippen molar-refractivity contribution in [1.29, 1.82) is 0 Å². The summed E-state index contributed by atoms with van der Waals surface area (Å²) in [6.07, 6.45) is 1.09. The van der Waals surface area contributed by atoms with Gasteiger partial charge in [-0.1, -0.05) is 37.3 Å². The molecule has 0 unspecified atom stereocenters. The molecule has 2 aromatic heterocycles. The summed E-state index contributed by atoms with van der Waals surface area (Å²) in [5.41, 5.74) is 2.18. The summed E-state index contributed by atoms with van der Waals surface area (Å²) in [4.78, 5) is 11.7. The molecule has 0 spiro atoms. The molecule has 0 saturated heterocycles.